The molecule has 10 aromatic rings. The minimum Gasteiger partial charge on any atom is -0.320 e. The summed E-state index contributed by atoms with van der Waals surface area (Å²) in [6.45, 7) is 83.9. The average molecular weight is 1990 g/mol. The van der Waals surface area contributed by atoms with Gasteiger partial charge in [-0.15, -0.1) is 0 Å². The van der Waals surface area contributed by atoms with E-state index in [4.69, 9.17) is 0 Å². The lowest BCUT2D eigenvalue weighted by atomic mass is 9.96. The predicted molar refractivity (Wildman–Crippen MR) is 669 cm³/mol. The summed E-state index contributed by atoms with van der Waals surface area (Å²) in [4.78, 5) is 15.7. The minimum absolute atomic E-state index is 0.736. The molecule has 0 unspecified atom stereocenters. The van der Waals surface area contributed by atoms with E-state index in [-0.39, 0.29) is 0 Å². The molecule has 0 saturated carbocycles. The van der Waals surface area contributed by atoms with E-state index in [1.54, 1.807) is 18.7 Å². The quantitative estimate of drug-likeness (QED) is 0.0574. The largest absolute Gasteiger partial charge is 0.320 e. The standard InChI is InChI=1S/C12H16.2C9H10.C8H12N.C8H10.C8H14.C7H15N.2C7H9N.C7H8.C7H10.2C7H12.2C6H8N2.C3H9N.9C2H6/c1-3-5-6-12-9-7-11(4-2)8-10-12;2*1-2-6-9-7-4-3-5-8-9;1-3-8-4-6-9(2)7-5-8;1-2-8-6-4-3-5-7-8;1-4-6-7-8(3)5-2;1-2-7-3-5-8-6-4-7;1-2-7-4-3-5-8-6-7;1-2-7-5-3-4-6-8-7;1-7-5-3-2-4-6-7;1-2-7-5-3-4-6-7;2*1-3-5-7-6-4-2;1-2-6-3-7-5-8-4-6;1-2-6-4-3-5-7-8-6;1-3-4-2;9*1-2/h5-10H,3-4H2,1-2H3;2*2-8H,1H3;4-7H,3H2,1-2H3;3-7H,2H2,1H3;4,6-7H,5H2,1-3H3;7-8H,2-6H2,1H3;2*3-6H,2H2,1H3;2-6H,1H3;3-7H,2H2,1H3;2*3,5-7H,4H2,1-2H3;2*3-5H,2H2,1H3;4H,3H2,1-2H3;9*1-2H3/q;;;+1;;;;;;;;;;;;;;;;;;;;;. The van der Waals surface area contributed by atoms with Crippen molar-refractivity contribution in [2.24, 2.45) is 18.9 Å². The number of hydrogen-bond donors (Lipinski definition) is 2. The van der Waals surface area contributed by atoms with Gasteiger partial charge in [0.1, 0.15) is 13.4 Å². The van der Waals surface area contributed by atoms with Gasteiger partial charge in [0.05, 0.1) is 5.69 Å². The molecule has 0 atom stereocenters. The van der Waals surface area contributed by atoms with Crippen LogP contribution in [0.5, 0.6) is 0 Å². The number of hydrogen-bond acceptors (Lipinski definition) is 8. The second-order valence-corrected chi connectivity index (χ2v) is 28.8. The molecule has 5 aromatic heterocycles. The minimum atomic E-state index is 0.736. The van der Waals surface area contributed by atoms with E-state index < -0.39 is 0 Å². The Morgan fingerprint density at radius 1 is 0.366 bits per heavy atom. The second-order valence-electron chi connectivity index (χ2n) is 28.8. The number of pyridine rings is 3. The molecule has 2 aliphatic rings. The number of piperidine rings is 1. The zero-order chi connectivity index (χ0) is 113. The predicted octanol–water partition coefficient (Wildman–Crippen LogP) is 40.8. The molecule has 1 saturated heterocycles. The molecule has 1 fully saturated rings. The summed E-state index contributed by atoms with van der Waals surface area (Å²) in [6.07, 6.45) is 77.9. The van der Waals surface area contributed by atoms with E-state index in [2.05, 4.69) is 352 Å². The number of benzene rings is 5. The molecule has 814 valence electrons. The molecule has 0 radical (unpaired) electrons. The summed E-state index contributed by atoms with van der Waals surface area (Å²) in [6, 6.07) is 68.1. The van der Waals surface area contributed by atoms with Crippen molar-refractivity contribution < 1.29 is 4.57 Å². The zero-order valence-corrected chi connectivity index (χ0v) is 101. The van der Waals surface area contributed by atoms with Crippen LogP contribution in [0.25, 0.3) is 18.2 Å². The van der Waals surface area contributed by atoms with Gasteiger partial charge in [-0.3, -0.25) is 9.97 Å². The first-order valence-corrected chi connectivity index (χ1v) is 56.0. The van der Waals surface area contributed by atoms with Crippen molar-refractivity contribution in [2.75, 3.05) is 26.7 Å². The van der Waals surface area contributed by atoms with Crippen LogP contribution in [0.1, 0.15) is 376 Å². The molecule has 12 rings (SSSR count). The van der Waals surface area contributed by atoms with Crippen LogP contribution in [0.4, 0.5) is 0 Å². The molecule has 1 aliphatic heterocycles. The number of aromatic nitrogens is 7. The lowest BCUT2D eigenvalue weighted by molar-refractivity contribution is -0.671. The molecule has 0 amide bonds. The molecule has 2 N–H and O–H groups in total. The average Bonchev–Trinajstić information content (AvgIpc) is 1.65. The Morgan fingerprint density at radius 2 is 0.745 bits per heavy atom. The van der Waals surface area contributed by atoms with E-state index >= 15 is 0 Å². The van der Waals surface area contributed by atoms with Gasteiger partial charge in [-0.1, -0.05) is 524 Å². The summed E-state index contributed by atoms with van der Waals surface area (Å²) in [5, 5.41) is 13.8. The van der Waals surface area contributed by atoms with Crippen LogP contribution in [-0.4, -0.2) is 56.8 Å². The smallest absolute Gasteiger partial charge is 0.168 e. The molecular formula is C136H226N9+. The van der Waals surface area contributed by atoms with Crippen molar-refractivity contribution in [1.82, 2.24) is 40.8 Å². The first-order valence-electron chi connectivity index (χ1n) is 56.0. The summed E-state index contributed by atoms with van der Waals surface area (Å²) >= 11 is 0. The third-order valence-corrected chi connectivity index (χ3v) is 18.3. The Balaban J connectivity index is -0.000000116. The Bertz CT molecular complexity index is 3890. The Labute approximate surface area is 902 Å². The van der Waals surface area contributed by atoms with E-state index in [0.29, 0.717) is 0 Å². The Hall–Kier alpha value is -11.2. The first-order chi connectivity index (χ1) is 71.0. The van der Waals surface area contributed by atoms with Gasteiger partial charge in [-0.2, -0.15) is 10.2 Å². The highest BCUT2D eigenvalue weighted by atomic mass is 15.1. The van der Waals surface area contributed by atoms with E-state index in [0.717, 1.165) is 100 Å². The maximum atomic E-state index is 4.10. The number of allylic oxidation sites excluding steroid dienone is 19. The molecule has 9 nitrogen and oxygen atoms in total. The monoisotopic (exact) mass is 1990 g/mol. The lowest BCUT2D eigenvalue weighted by Crippen LogP contribution is -2.27. The van der Waals surface area contributed by atoms with Crippen molar-refractivity contribution >= 4 is 18.2 Å². The van der Waals surface area contributed by atoms with Gasteiger partial charge in [0.25, 0.3) is 0 Å². The van der Waals surface area contributed by atoms with Gasteiger partial charge in [0.2, 0.25) is 0 Å². The third kappa shape index (κ3) is 133. The molecule has 145 heavy (non-hydrogen) atoms. The van der Waals surface area contributed by atoms with Crippen molar-refractivity contribution in [3.63, 3.8) is 0 Å². The van der Waals surface area contributed by atoms with E-state index in [9.17, 15) is 0 Å². The number of rotatable bonds is 20. The summed E-state index contributed by atoms with van der Waals surface area (Å²) < 4.78 is 2.04. The van der Waals surface area contributed by atoms with Crippen molar-refractivity contribution in [3.8, 4) is 0 Å². The maximum Gasteiger partial charge on any atom is 0.168 e. The molecule has 5 aromatic carbocycles. The SMILES string of the molecule is CC.CC.CC.CC.CC.CC.CC.CC.CC.CC=CC=C(C)CC.CC=CC=CCC.CC=CC=CCC.CC=Cc1ccccc1.CC=Cc1ccccc1.CCC1C=CC=C1.CCC1CCNCC1.CCC=Cc1ccc(CC)cc1.CCNC.CCc1cc[n+](C)cc1.CCc1ccccc1.CCc1ccccn1.CCc1cccnc1.CCc1cccnn1.CCc1cncnc1.Cc1ccccc1. The van der Waals surface area contributed by atoms with Gasteiger partial charge in [-0.25, -0.2) is 14.5 Å². The van der Waals surface area contributed by atoms with E-state index in [1.165, 1.54) is 94.4 Å². The van der Waals surface area contributed by atoms with Crippen molar-refractivity contribution in [1.29, 1.82) is 0 Å². The van der Waals surface area contributed by atoms with Crippen LogP contribution in [-0.2, 0) is 52.0 Å². The third-order valence-electron chi connectivity index (χ3n) is 18.3. The molecule has 0 bridgehead atoms. The maximum absolute atomic E-state index is 4.10. The molecular weight excluding hydrogens is 1760 g/mol. The number of nitrogens with zero attached hydrogens (tertiary/aromatic N) is 7. The summed E-state index contributed by atoms with van der Waals surface area (Å²) in [5.74, 6) is 1.76. The number of aryl methyl sites for hydroxylation is 9. The molecule has 1 aliphatic carbocycles. The normalized spacial score (nSPS) is 10.4. The Morgan fingerprint density at radius 3 is 1.03 bits per heavy atom. The first kappa shape index (κ1) is 162. The van der Waals surface area contributed by atoms with Crippen molar-refractivity contribution in [3.05, 3.63) is 432 Å². The van der Waals surface area contributed by atoms with Gasteiger partial charge < -0.3 is 10.6 Å². The van der Waals surface area contributed by atoms with Crippen LogP contribution < -0.4 is 15.2 Å². The van der Waals surface area contributed by atoms with Crippen molar-refractivity contribution in [2.45, 2.75) is 366 Å². The van der Waals surface area contributed by atoms with Crippen LogP contribution in [0.15, 0.2) is 371 Å². The van der Waals surface area contributed by atoms with Gasteiger partial charge in [0.15, 0.2) is 12.4 Å². The molecule has 6 heterocycles. The molecule has 0 spiro atoms. The van der Waals surface area contributed by atoms with Gasteiger partial charge in [0, 0.05) is 55.0 Å². The topological polar surface area (TPSA) is 105 Å². The van der Waals surface area contributed by atoms with Gasteiger partial charge in [-0.05, 0) is 252 Å². The number of nitrogens with one attached hydrogen (secondary N) is 2. The lowest BCUT2D eigenvalue weighted by Gasteiger charge is -2.20. The highest BCUT2D eigenvalue weighted by molar-refractivity contribution is 5.50. The molecule has 9 heteroatoms. The summed E-state index contributed by atoms with van der Waals surface area (Å²) in [5.41, 5.74) is 15.5. The van der Waals surface area contributed by atoms with Crippen LogP contribution in [0.2, 0.25) is 0 Å². The van der Waals surface area contributed by atoms with E-state index in [1.807, 2.05) is 342 Å². The van der Waals surface area contributed by atoms with Crippen LogP contribution in [0.3, 0.4) is 0 Å². The highest BCUT2D eigenvalue weighted by Crippen LogP contribution is 2.15. The zero-order valence-electron chi connectivity index (χ0n) is 101. The fraction of sp³-hybridized carbons (Fsp3) is 0.449. The van der Waals surface area contributed by atoms with Crippen LogP contribution in [0, 0.1) is 18.8 Å². The fourth-order valence-corrected chi connectivity index (χ4v) is 9.97. The Kier molecular flexibility index (Phi) is 171. The fourth-order valence-electron chi connectivity index (χ4n) is 9.97. The second kappa shape index (κ2) is 153. The highest BCUT2D eigenvalue weighted by Gasteiger charge is 2.09. The summed E-state index contributed by atoms with van der Waals surface area (Å²) in [7, 11) is 3.96. The van der Waals surface area contributed by atoms with Gasteiger partial charge >= 0.3 is 0 Å². The van der Waals surface area contributed by atoms with Crippen LogP contribution >= 0.6 is 0 Å².